The van der Waals surface area contributed by atoms with Gasteiger partial charge in [0.2, 0.25) is 0 Å². The molecule has 0 radical (unpaired) electrons. The summed E-state index contributed by atoms with van der Waals surface area (Å²) in [5.41, 5.74) is 0.507. The molecule has 1 heteroatoms. The molecular formula is C9H19N. The van der Waals surface area contributed by atoms with Crippen LogP contribution in [-0.2, 0) is 0 Å². The van der Waals surface area contributed by atoms with Gasteiger partial charge >= 0.3 is 0 Å². The minimum atomic E-state index is 0.507. The number of piperidine rings is 1. The number of rotatable bonds is 0. The van der Waals surface area contributed by atoms with Gasteiger partial charge in [0.25, 0.3) is 0 Å². The molecule has 1 heterocycles. The summed E-state index contributed by atoms with van der Waals surface area (Å²) in [4.78, 5) is 0. The predicted molar refractivity (Wildman–Crippen MR) is 45.0 cm³/mol. The Bertz CT molecular complexity index is 95.8. The van der Waals surface area contributed by atoms with Gasteiger partial charge in [-0.05, 0) is 37.3 Å². The third-order valence-corrected chi connectivity index (χ3v) is 2.52. The molecule has 1 nitrogen and oxygen atoms in total. The zero-order chi connectivity index (χ0) is 7.61. The third kappa shape index (κ3) is 1.98. The van der Waals surface area contributed by atoms with Gasteiger partial charge in [-0.1, -0.05) is 20.8 Å². The van der Waals surface area contributed by atoms with Crippen LogP contribution in [0.2, 0.25) is 0 Å². The quantitative estimate of drug-likeness (QED) is 0.544. The van der Waals surface area contributed by atoms with Gasteiger partial charge in [0.1, 0.15) is 0 Å². The molecule has 0 aromatic heterocycles. The van der Waals surface area contributed by atoms with Gasteiger partial charge in [0.15, 0.2) is 0 Å². The molecule has 1 N–H and O–H groups in total. The normalized spacial score (nSPS) is 28.5. The first-order valence-electron chi connectivity index (χ1n) is 4.31. The van der Waals surface area contributed by atoms with E-state index in [0.717, 1.165) is 5.92 Å². The van der Waals surface area contributed by atoms with Gasteiger partial charge in [-0.15, -0.1) is 0 Å². The van der Waals surface area contributed by atoms with Crippen molar-refractivity contribution >= 4 is 0 Å². The van der Waals surface area contributed by atoms with Crippen LogP contribution < -0.4 is 5.32 Å². The Hall–Kier alpha value is -0.0400. The highest BCUT2D eigenvalue weighted by Gasteiger charge is 2.25. The molecule has 10 heavy (non-hydrogen) atoms. The Kier molecular flexibility index (Phi) is 2.35. The van der Waals surface area contributed by atoms with Crippen molar-refractivity contribution in [3.63, 3.8) is 0 Å². The Morgan fingerprint density at radius 3 is 2.30 bits per heavy atom. The van der Waals surface area contributed by atoms with Gasteiger partial charge in [-0.3, -0.25) is 0 Å². The fraction of sp³-hybridized carbons (Fsp3) is 1.00. The fourth-order valence-corrected chi connectivity index (χ4v) is 1.59. The zero-order valence-electron chi connectivity index (χ0n) is 7.41. The van der Waals surface area contributed by atoms with Crippen LogP contribution in [0.1, 0.15) is 33.6 Å². The second-order valence-electron chi connectivity index (χ2n) is 4.41. The van der Waals surface area contributed by atoms with Crippen molar-refractivity contribution in [1.82, 2.24) is 5.32 Å². The van der Waals surface area contributed by atoms with E-state index >= 15 is 0 Å². The first-order chi connectivity index (χ1) is 4.61. The first kappa shape index (κ1) is 8.06. The smallest absolute Gasteiger partial charge is 0.00155 e. The van der Waals surface area contributed by atoms with E-state index in [1.807, 2.05) is 0 Å². The third-order valence-electron chi connectivity index (χ3n) is 2.52. The van der Waals surface area contributed by atoms with Gasteiger partial charge in [0.05, 0.1) is 0 Å². The molecule has 60 valence electrons. The summed E-state index contributed by atoms with van der Waals surface area (Å²) in [5.74, 6) is 0.890. The largest absolute Gasteiger partial charge is 0.316 e. The molecule has 0 aromatic carbocycles. The molecule has 1 saturated heterocycles. The van der Waals surface area contributed by atoms with Gasteiger partial charge in [-0.2, -0.15) is 0 Å². The minimum absolute atomic E-state index is 0.507. The molecule has 0 saturated carbocycles. The molecular weight excluding hydrogens is 122 g/mol. The van der Waals surface area contributed by atoms with Crippen molar-refractivity contribution in [3.05, 3.63) is 0 Å². The monoisotopic (exact) mass is 141 g/mol. The van der Waals surface area contributed by atoms with E-state index in [9.17, 15) is 0 Å². The summed E-state index contributed by atoms with van der Waals surface area (Å²) in [5, 5.41) is 3.44. The van der Waals surface area contributed by atoms with Crippen LogP contribution in [-0.4, -0.2) is 13.1 Å². The van der Waals surface area contributed by atoms with E-state index in [2.05, 4.69) is 26.1 Å². The van der Waals surface area contributed by atoms with Crippen LogP contribution in [0.4, 0.5) is 0 Å². The standard InChI is InChI=1S/C9H19N/c1-9(2,3)8-5-4-6-10-7-8/h8,10H,4-7H2,1-3H3. The Labute approximate surface area is 64.2 Å². The zero-order valence-corrected chi connectivity index (χ0v) is 7.41. The molecule has 1 aliphatic rings. The van der Waals surface area contributed by atoms with Gasteiger partial charge < -0.3 is 5.32 Å². The van der Waals surface area contributed by atoms with Crippen molar-refractivity contribution in [1.29, 1.82) is 0 Å². The Morgan fingerprint density at radius 2 is 2.00 bits per heavy atom. The van der Waals surface area contributed by atoms with Crippen LogP contribution in [0.5, 0.6) is 0 Å². The van der Waals surface area contributed by atoms with E-state index < -0.39 is 0 Å². The first-order valence-corrected chi connectivity index (χ1v) is 4.31. The highest BCUT2D eigenvalue weighted by atomic mass is 14.9. The van der Waals surface area contributed by atoms with Crippen molar-refractivity contribution in [2.75, 3.05) is 13.1 Å². The molecule has 0 spiro atoms. The maximum Gasteiger partial charge on any atom is -0.00155 e. The second kappa shape index (κ2) is 2.91. The molecule has 1 atom stereocenters. The fourth-order valence-electron chi connectivity index (χ4n) is 1.59. The van der Waals surface area contributed by atoms with E-state index in [-0.39, 0.29) is 0 Å². The van der Waals surface area contributed by atoms with E-state index in [1.54, 1.807) is 0 Å². The van der Waals surface area contributed by atoms with Crippen molar-refractivity contribution in [2.45, 2.75) is 33.6 Å². The molecule has 1 fully saturated rings. The SMILES string of the molecule is CC(C)(C)C1CCCNC1. The summed E-state index contributed by atoms with van der Waals surface area (Å²) < 4.78 is 0. The van der Waals surface area contributed by atoms with Crippen molar-refractivity contribution in [3.8, 4) is 0 Å². The van der Waals surface area contributed by atoms with Crippen LogP contribution in [0, 0.1) is 11.3 Å². The molecule has 1 rings (SSSR count). The molecule has 1 unspecified atom stereocenters. The second-order valence-corrected chi connectivity index (χ2v) is 4.41. The lowest BCUT2D eigenvalue weighted by molar-refractivity contribution is 0.193. The lowest BCUT2D eigenvalue weighted by Gasteiger charge is -2.34. The van der Waals surface area contributed by atoms with E-state index in [1.165, 1.54) is 25.9 Å². The van der Waals surface area contributed by atoms with Crippen LogP contribution >= 0.6 is 0 Å². The average molecular weight is 141 g/mol. The summed E-state index contributed by atoms with van der Waals surface area (Å²) in [6.45, 7) is 9.47. The topological polar surface area (TPSA) is 12.0 Å². The summed E-state index contributed by atoms with van der Waals surface area (Å²) in [6, 6.07) is 0. The lowest BCUT2D eigenvalue weighted by Crippen LogP contribution is -2.36. The van der Waals surface area contributed by atoms with Crippen LogP contribution in [0.25, 0.3) is 0 Å². The molecule has 0 amide bonds. The van der Waals surface area contributed by atoms with Gasteiger partial charge in [-0.25, -0.2) is 0 Å². The van der Waals surface area contributed by atoms with Gasteiger partial charge in [0, 0.05) is 0 Å². The minimum Gasteiger partial charge on any atom is -0.316 e. The van der Waals surface area contributed by atoms with E-state index in [0.29, 0.717) is 5.41 Å². The van der Waals surface area contributed by atoms with Crippen molar-refractivity contribution in [2.24, 2.45) is 11.3 Å². The highest BCUT2D eigenvalue weighted by Crippen LogP contribution is 2.30. The number of hydrogen-bond donors (Lipinski definition) is 1. The van der Waals surface area contributed by atoms with Crippen LogP contribution in [0.15, 0.2) is 0 Å². The predicted octanol–water partition coefficient (Wildman–Crippen LogP) is 2.03. The maximum absolute atomic E-state index is 3.44. The Balaban J connectivity index is 2.39. The average Bonchev–Trinajstić information content (AvgIpc) is 1.88. The van der Waals surface area contributed by atoms with Crippen molar-refractivity contribution < 1.29 is 0 Å². The summed E-state index contributed by atoms with van der Waals surface area (Å²) in [6.07, 6.45) is 2.78. The summed E-state index contributed by atoms with van der Waals surface area (Å²) >= 11 is 0. The molecule has 0 bridgehead atoms. The molecule has 0 aromatic rings. The van der Waals surface area contributed by atoms with E-state index in [4.69, 9.17) is 0 Å². The Morgan fingerprint density at radius 1 is 1.30 bits per heavy atom. The number of hydrogen-bond acceptors (Lipinski definition) is 1. The maximum atomic E-state index is 3.44. The number of nitrogens with one attached hydrogen (secondary N) is 1. The molecule has 1 aliphatic heterocycles. The lowest BCUT2D eigenvalue weighted by atomic mass is 9.77. The van der Waals surface area contributed by atoms with Crippen LogP contribution in [0.3, 0.4) is 0 Å². The summed E-state index contributed by atoms with van der Waals surface area (Å²) in [7, 11) is 0. The highest BCUT2D eigenvalue weighted by molar-refractivity contribution is 4.79. The molecule has 0 aliphatic carbocycles.